The molecule has 2 heteroatoms. The lowest BCUT2D eigenvalue weighted by atomic mass is 10.1. The number of hydrogen-bond donors (Lipinski definition) is 0. The molecule has 1 heterocycles. The van der Waals surface area contributed by atoms with E-state index in [0.717, 1.165) is 17.6 Å². The van der Waals surface area contributed by atoms with Crippen molar-refractivity contribution in [2.75, 3.05) is 0 Å². The Morgan fingerprint density at radius 2 is 1.92 bits per heavy atom. The van der Waals surface area contributed by atoms with Crippen LogP contribution in [-0.4, -0.2) is 10.2 Å². The van der Waals surface area contributed by atoms with Crippen LogP contribution in [0.4, 0.5) is 0 Å². The Kier molecular flexibility index (Phi) is 1.97. The van der Waals surface area contributed by atoms with Gasteiger partial charge in [0, 0.05) is 5.39 Å². The summed E-state index contributed by atoms with van der Waals surface area (Å²) in [6.07, 6.45) is 1.02. The number of aryl methyl sites for hydroxylation is 2. The Morgan fingerprint density at radius 1 is 1.15 bits per heavy atom. The van der Waals surface area contributed by atoms with Gasteiger partial charge < -0.3 is 0 Å². The molecule has 1 aromatic carbocycles. The highest BCUT2D eigenvalue weighted by Gasteiger charge is 2.03. The Morgan fingerprint density at radius 3 is 2.69 bits per heavy atom. The average molecular weight is 172 g/mol. The summed E-state index contributed by atoms with van der Waals surface area (Å²) in [5.41, 5.74) is 3.34. The van der Waals surface area contributed by atoms with E-state index in [2.05, 4.69) is 23.2 Å². The molecule has 0 radical (unpaired) electrons. The van der Waals surface area contributed by atoms with Crippen molar-refractivity contribution in [2.45, 2.75) is 20.3 Å². The molecular weight excluding hydrogens is 160 g/mol. The van der Waals surface area contributed by atoms with Crippen LogP contribution in [-0.2, 0) is 6.42 Å². The maximum Gasteiger partial charge on any atom is 0.0932 e. The van der Waals surface area contributed by atoms with Crippen molar-refractivity contribution in [3.8, 4) is 0 Å². The van der Waals surface area contributed by atoms with Crippen LogP contribution in [0.5, 0.6) is 0 Å². The van der Waals surface area contributed by atoms with Gasteiger partial charge in [0.1, 0.15) is 0 Å². The number of nitrogens with zero attached hydrogens (tertiary/aromatic N) is 2. The fourth-order valence-corrected chi connectivity index (χ4v) is 1.65. The molecule has 0 aliphatic rings. The lowest BCUT2D eigenvalue weighted by molar-refractivity contribution is 0.969. The monoisotopic (exact) mass is 172 g/mol. The second-order valence-electron chi connectivity index (χ2n) is 3.13. The molecule has 66 valence electrons. The summed E-state index contributed by atoms with van der Waals surface area (Å²) in [7, 11) is 0. The fraction of sp³-hybridized carbons (Fsp3) is 0.273. The third-order valence-electron chi connectivity index (χ3n) is 2.33. The van der Waals surface area contributed by atoms with E-state index in [1.54, 1.807) is 0 Å². The second kappa shape index (κ2) is 3.13. The van der Waals surface area contributed by atoms with Gasteiger partial charge in [-0.3, -0.25) is 0 Å². The first kappa shape index (κ1) is 8.17. The van der Waals surface area contributed by atoms with Gasteiger partial charge in [0.05, 0.1) is 11.2 Å². The largest absolute Gasteiger partial charge is 0.155 e. The number of rotatable bonds is 1. The molecule has 0 saturated carbocycles. The van der Waals surface area contributed by atoms with E-state index in [0.29, 0.717) is 0 Å². The molecule has 0 unspecified atom stereocenters. The highest BCUT2D eigenvalue weighted by atomic mass is 15.1. The van der Waals surface area contributed by atoms with Crippen molar-refractivity contribution in [3.05, 3.63) is 35.5 Å². The molecule has 0 aliphatic carbocycles. The van der Waals surface area contributed by atoms with Crippen molar-refractivity contribution in [2.24, 2.45) is 0 Å². The topological polar surface area (TPSA) is 25.8 Å². The molecule has 13 heavy (non-hydrogen) atoms. The molecule has 0 N–H and O–H groups in total. The van der Waals surface area contributed by atoms with Gasteiger partial charge in [0.25, 0.3) is 0 Å². The van der Waals surface area contributed by atoms with Crippen LogP contribution in [0.3, 0.4) is 0 Å². The molecular formula is C11H12N2. The molecule has 1 aromatic heterocycles. The van der Waals surface area contributed by atoms with Crippen molar-refractivity contribution in [1.82, 2.24) is 10.2 Å². The first-order valence-electron chi connectivity index (χ1n) is 4.54. The van der Waals surface area contributed by atoms with Crippen LogP contribution < -0.4 is 0 Å². The molecule has 2 rings (SSSR count). The third kappa shape index (κ3) is 1.28. The molecule has 0 aliphatic heterocycles. The molecule has 0 spiro atoms. The summed E-state index contributed by atoms with van der Waals surface area (Å²) < 4.78 is 0. The minimum atomic E-state index is 0.991. The SMILES string of the molecule is CCc1c(C)nnc2ccccc12. The van der Waals surface area contributed by atoms with Crippen molar-refractivity contribution in [1.29, 1.82) is 0 Å². The zero-order chi connectivity index (χ0) is 9.26. The van der Waals surface area contributed by atoms with Gasteiger partial charge in [-0.2, -0.15) is 10.2 Å². The first-order valence-corrected chi connectivity index (χ1v) is 4.54. The maximum absolute atomic E-state index is 4.14. The van der Waals surface area contributed by atoms with E-state index in [1.807, 2.05) is 25.1 Å². The Labute approximate surface area is 77.6 Å². The van der Waals surface area contributed by atoms with Gasteiger partial charge in [0.15, 0.2) is 0 Å². The standard InChI is InChI=1S/C11H12N2/c1-3-9-8(2)12-13-11-7-5-4-6-10(9)11/h4-7H,3H2,1-2H3. The number of benzene rings is 1. The van der Waals surface area contributed by atoms with Crippen LogP contribution in [0.15, 0.2) is 24.3 Å². The van der Waals surface area contributed by atoms with Crippen LogP contribution in [0.2, 0.25) is 0 Å². The highest BCUT2D eigenvalue weighted by Crippen LogP contribution is 2.18. The smallest absolute Gasteiger partial charge is 0.0932 e. The van der Waals surface area contributed by atoms with Crippen molar-refractivity contribution >= 4 is 10.9 Å². The average Bonchev–Trinajstić information content (AvgIpc) is 2.18. The van der Waals surface area contributed by atoms with E-state index in [9.17, 15) is 0 Å². The minimum absolute atomic E-state index is 0.991. The summed E-state index contributed by atoms with van der Waals surface area (Å²) >= 11 is 0. The van der Waals surface area contributed by atoms with Gasteiger partial charge >= 0.3 is 0 Å². The summed E-state index contributed by atoms with van der Waals surface area (Å²) in [5, 5.41) is 9.50. The van der Waals surface area contributed by atoms with E-state index in [-0.39, 0.29) is 0 Å². The van der Waals surface area contributed by atoms with Crippen LogP contribution in [0.1, 0.15) is 18.2 Å². The highest BCUT2D eigenvalue weighted by molar-refractivity contribution is 5.81. The quantitative estimate of drug-likeness (QED) is 0.660. The van der Waals surface area contributed by atoms with Gasteiger partial charge in [-0.05, 0) is 25.0 Å². The summed E-state index contributed by atoms with van der Waals surface area (Å²) in [6, 6.07) is 8.14. The van der Waals surface area contributed by atoms with Gasteiger partial charge in [0.2, 0.25) is 0 Å². The van der Waals surface area contributed by atoms with Crippen molar-refractivity contribution < 1.29 is 0 Å². The number of hydrogen-bond acceptors (Lipinski definition) is 2. The Hall–Kier alpha value is -1.44. The second-order valence-corrected chi connectivity index (χ2v) is 3.13. The molecule has 0 saturated heterocycles. The number of aromatic nitrogens is 2. The molecule has 0 atom stereocenters. The van der Waals surface area contributed by atoms with E-state index in [1.165, 1.54) is 10.9 Å². The summed E-state index contributed by atoms with van der Waals surface area (Å²) in [4.78, 5) is 0. The fourth-order valence-electron chi connectivity index (χ4n) is 1.65. The number of fused-ring (bicyclic) bond motifs is 1. The van der Waals surface area contributed by atoms with E-state index in [4.69, 9.17) is 0 Å². The molecule has 0 fully saturated rings. The zero-order valence-electron chi connectivity index (χ0n) is 7.91. The maximum atomic E-state index is 4.14. The molecule has 2 aromatic rings. The molecule has 2 nitrogen and oxygen atoms in total. The van der Waals surface area contributed by atoms with Crippen molar-refractivity contribution in [3.63, 3.8) is 0 Å². The summed E-state index contributed by atoms with van der Waals surface area (Å²) in [6.45, 7) is 4.16. The van der Waals surface area contributed by atoms with Crippen LogP contribution in [0.25, 0.3) is 10.9 Å². The summed E-state index contributed by atoms with van der Waals surface area (Å²) in [5.74, 6) is 0. The lowest BCUT2D eigenvalue weighted by Gasteiger charge is -2.04. The van der Waals surface area contributed by atoms with Gasteiger partial charge in [-0.1, -0.05) is 25.1 Å². The van der Waals surface area contributed by atoms with E-state index >= 15 is 0 Å². The molecule has 0 bridgehead atoms. The van der Waals surface area contributed by atoms with E-state index < -0.39 is 0 Å². The third-order valence-corrected chi connectivity index (χ3v) is 2.33. The normalized spacial score (nSPS) is 10.6. The predicted molar refractivity (Wildman–Crippen MR) is 53.7 cm³/mol. The van der Waals surface area contributed by atoms with Crippen LogP contribution in [0, 0.1) is 6.92 Å². The van der Waals surface area contributed by atoms with Crippen LogP contribution >= 0.6 is 0 Å². The first-order chi connectivity index (χ1) is 6.33. The lowest BCUT2D eigenvalue weighted by Crippen LogP contribution is -1.95. The zero-order valence-corrected chi connectivity index (χ0v) is 7.91. The minimum Gasteiger partial charge on any atom is -0.155 e. The molecule has 0 amide bonds. The predicted octanol–water partition coefficient (Wildman–Crippen LogP) is 2.50. The Bertz CT molecular complexity index is 435. The van der Waals surface area contributed by atoms with Gasteiger partial charge in [-0.15, -0.1) is 0 Å². The Balaban J connectivity index is 2.84. The van der Waals surface area contributed by atoms with Gasteiger partial charge in [-0.25, -0.2) is 0 Å².